The summed E-state index contributed by atoms with van der Waals surface area (Å²) in [5.74, 6) is 1.32. The first-order valence-corrected chi connectivity index (χ1v) is 9.83. The van der Waals surface area contributed by atoms with Crippen LogP contribution in [-0.4, -0.2) is 54.4 Å². The maximum absolute atomic E-state index is 12.7. The number of hydrogen-bond acceptors (Lipinski definition) is 3. The van der Waals surface area contributed by atoms with Crippen LogP contribution < -0.4 is 4.74 Å². The zero-order valence-electron chi connectivity index (χ0n) is 15.9. The predicted molar refractivity (Wildman–Crippen MR) is 101 cm³/mol. The molecule has 3 aliphatic heterocycles. The third-order valence-electron chi connectivity index (χ3n) is 5.63. The fraction of sp³-hybridized carbons (Fsp3) is 0.619. The number of piperidine rings is 1. The maximum atomic E-state index is 12.7. The lowest BCUT2D eigenvalue weighted by atomic mass is 9.94. The molecule has 0 aliphatic carbocycles. The van der Waals surface area contributed by atoms with E-state index in [2.05, 4.69) is 19.1 Å². The number of rotatable bonds is 7. The molecule has 1 aromatic carbocycles. The van der Waals surface area contributed by atoms with E-state index >= 15 is 0 Å². The third kappa shape index (κ3) is 4.19. The molecule has 5 nitrogen and oxygen atoms in total. The Hall–Kier alpha value is -2.04. The maximum Gasteiger partial charge on any atom is 0.227 e. The molecule has 3 heterocycles. The minimum atomic E-state index is 0.00541. The number of carbonyl (C=O) groups excluding carboxylic acids is 2. The Kier molecular flexibility index (Phi) is 6.17. The summed E-state index contributed by atoms with van der Waals surface area (Å²) in [7, 11) is 1.66. The summed E-state index contributed by atoms with van der Waals surface area (Å²) in [5.41, 5.74) is 1.22. The number of ether oxygens (including phenoxy) is 1. The highest BCUT2D eigenvalue weighted by molar-refractivity contribution is 5.83. The molecule has 0 N–H and O–H groups in total. The second-order valence-electron chi connectivity index (χ2n) is 7.46. The first-order chi connectivity index (χ1) is 12.6. The number of carbonyl (C=O) groups is 2. The fourth-order valence-electron chi connectivity index (χ4n) is 4.17. The smallest absolute Gasteiger partial charge is 0.227 e. The van der Waals surface area contributed by atoms with Crippen LogP contribution in [0.5, 0.6) is 5.75 Å². The van der Waals surface area contributed by atoms with Crippen LogP contribution >= 0.6 is 0 Å². The van der Waals surface area contributed by atoms with E-state index < -0.39 is 0 Å². The van der Waals surface area contributed by atoms with E-state index in [9.17, 15) is 9.59 Å². The first-order valence-electron chi connectivity index (χ1n) is 9.83. The number of benzene rings is 1. The van der Waals surface area contributed by atoms with Gasteiger partial charge in [-0.15, -0.1) is 0 Å². The molecule has 142 valence electrons. The lowest BCUT2D eigenvalue weighted by Crippen LogP contribution is -2.48. The number of fused-ring (bicyclic) bond motifs is 4. The molecule has 0 unspecified atom stereocenters. The van der Waals surface area contributed by atoms with Crippen LogP contribution in [0.15, 0.2) is 24.3 Å². The molecule has 1 aromatic rings. The molecular formula is C21H30N2O3. The van der Waals surface area contributed by atoms with Crippen molar-refractivity contribution in [2.24, 2.45) is 5.92 Å². The van der Waals surface area contributed by atoms with Crippen LogP contribution in [0.3, 0.4) is 0 Å². The van der Waals surface area contributed by atoms with E-state index in [1.165, 1.54) is 5.56 Å². The molecule has 3 aliphatic rings. The van der Waals surface area contributed by atoms with E-state index in [1.807, 2.05) is 21.9 Å². The Morgan fingerprint density at radius 2 is 1.96 bits per heavy atom. The van der Waals surface area contributed by atoms with Gasteiger partial charge >= 0.3 is 0 Å². The van der Waals surface area contributed by atoms with E-state index in [4.69, 9.17) is 4.74 Å². The summed E-state index contributed by atoms with van der Waals surface area (Å²) in [5, 5.41) is 0. The van der Waals surface area contributed by atoms with Crippen LogP contribution in [0, 0.1) is 5.92 Å². The van der Waals surface area contributed by atoms with Gasteiger partial charge in [-0.25, -0.2) is 0 Å². The molecule has 26 heavy (non-hydrogen) atoms. The molecule has 5 heteroatoms. The minimum Gasteiger partial charge on any atom is -0.497 e. The highest BCUT2D eigenvalue weighted by atomic mass is 16.5. The molecule has 2 bridgehead atoms. The van der Waals surface area contributed by atoms with Gasteiger partial charge in [-0.05, 0) is 49.8 Å². The summed E-state index contributed by atoms with van der Waals surface area (Å²) >= 11 is 0. The molecule has 4 rings (SSSR count). The Labute approximate surface area is 156 Å². The van der Waals surface area contributed by atoms with E-state index in [0.29, 0.717) is 19.5 Å². The van der Waals surface area contributed by atoms with Crippen molar-refractivity contribution in [1.82, 2.24) is 9.80 Å². The molecule has 2 atom stereocenters. The SMILES string of the molecule is CCCN1C(=O)[C@H]2CC[C@@H]1CN(C(=O)CCCc1ccc(OC)cc1)C2. The lowest BCUT2D eigenvalue weighted by molar-refractivity contribution is -0.139. The average Bonchev–Trinajstić information content (AvgIpc) is 2.95. The number of hydrogen-bond donors (Lipinski definition) is 0. The summed E-state index contributed by atoms with van der Waals surface area (Å²) in [6, 6.07) is 8.23. The molecule has 0 radical (unpaired) electrons. The number of methoxy groups -OCH3 is 1. The summed E-state index contributed by atoms with van der Waals surface area (Å²) < 4.78 is 5.17. The molecule has 3 fully saturated rings. The van der Waals surface area contributed by atoms with Crippen molar-refractivity contribution in [2.45, 2.75) is 51.5 Å². The Morgan fingerprint density at radius 1 is 1.19 bits per heavy atom. The second kappa shape index (κ2) is 8.56. The lowest BCUT2D eigenvalue weighted by Gasteiger charge is -2.35. The van der Waals surface area contributed by atoms with Crippen molar-refractivity contribution in [3.05, 3.63) is 29.8 Å². The molecule has 0 spiro atoms. The molecule has 3 saturated heterocycles. The largest absolute Gasteiger partial charge is 0.497 e. The van der Waals surface area contributed by atoms with Gasteiger partial charge in [-0.1, -0.05) is 19.1 Å². The second-order valence-corrected chi connectivity index (χ2v) is 7.46. The van der Waals surface area contributed by atoms with Crippen molar-refractivity contribution in [1.29, 1.82) is 0 Å². The summed E-state index contributed by atoms with van der Waals surface area (Å²) in [4.78, 5) is 29.3. The molecule has 0 saturated carbocycles. The zero-order chi connectivity index (χ0) is 18.5. The van der Waals surface area contributed by atoms with Gasteiger partial charge in [0.2, 0.25) is 11.8 Å². The van der Waals surface area contributed by atoms with E-state index in [1.54, 1.807) is 7.11 Å². The van der Waals surface area contributed by atoms with Gasteiger partial charge in [0.15, 0.2) is 0 Å². The number of nitrogens with zero attached hydrogens (tertiary/aromatic N) is 2. The standard InChI is InChI=1S/C21H30N2O3/c1-3-13-23-18-10-9-17(21(23)25)14-22(15-18)20(24)6-4-5-16-7-11-19(26-2)12-8-16/h7-8,11-12,17-18H,3-6,9-10,13-15H2,1-2H3/t17-,18+/m0/s1. The average molecular weight is 358 g/mol. The van der Waals surface area contributed by atoms with Gasteiger partial charge in [0, 0.05) is 32.1 Å². The highest BCUT2D eigenvalue weighted by Gasteiger charge is 2.41. The Balaban J connectivity index is 1.52. The number of aryl methyl sites for hydroxylation is 1. The zero-order valence-corrected chi connectivity index (χ0v) is 15.9. The highest BCUT2D eigenvalue weighted by Crippen LogP contribution is 2.29. The van der Waals surface area contributed by atoms with Crippen LogP contribution in [-0.2, 0) is 16.0 Å². The van der Waals surface area contributed by atoms with Crippen molar-refractivity contribution in [3.8, 4) is 5.75 Å². The minimum absolute atomic E-state index is 0.00541. The Bertz CT molecular complexity index is 629. The van der Waals surface area contributed by atoms with Crippen molar-refractivity contribution < 1.29 is 14.3 Å². The molecule has 0 aromatic heterocycles. The van der Waals surface area contributed by atoms with Gasteiger partial charge in [0.1, 0.15) is 5.75 Å². The van der Waals surface area contributed by atoms with Gasteiger partial charge in [0.25, 0.3) is 0 Å². The van der Waals surface area contributed by atoms with Crippen LogP contribution in [0.25, 0.3) is 0 Å². The van der Waals surface area contributed by atoms with Crippen LogP contribution in [0.1, 0.15) is 44.6 Å². The monoisotopic (exact) mass is 358 g/mol. The van der Waals surface area contributed by atoms with Crippen molar-refractivity contribution >= 4 is 11.8 Å². The van der Waals surface area contributed by atoms with Crippen molar-refractivity contribution in [3.63, 3.8) is 0 Å². The first kappa shape index (κ1) is 18.7. The van der Waals surface area contributed by atoms with E-state index in [0.717, 1.165) is 44.4 Å². The van der Waals surface area contributed by atoms with Crippen LogP contribution in [0.4, 0.5) is 0 Å². The summed E-state index contributed by atoms with van der Waals surface area (Å²) in [6.07, 6.45) is 5.21. The third-order valence-corrected chi connectivity index (χ3v) is 5.63. The fourth-order valence-corrected chi connectivity index (χ4v) is 4.17. The predicted octanol–water partition coefficient (Wildman–Crippen LogP) is 2.88. The van der Waals surface area contributed by atoms with Gasteiger partial charge in [-0.2, -0.15) is 0 Å². The topological polar surface area (TPSA) is 49.9 Å². The Morgan fingerprint density at radius 3 is 2.65 bits per heavy atom. The van der Waals surface area contributed by atoms with Crippen molar-refractivity contribution in [2.75, 3.05) is 26.7 Å². The van der Waals surface area contributed by atoms with Gasteiger partial charge in [-0.3, -0.25) is 9.59 Å². The molecular weight excluding hydrogens is 328 g/mol. The van der Waals surface area contributed by atoms with E-state index in [-0.39, 0.29) is 23.8 Å². The van der Waals surface area contributed by atoms with Gasteiger partial charge in [0.05, 0.1) is 13.0 Å². The van der Waals surface area contributed by atoms with Crippen LogP contribution in [0.2, 0.25) is 0 Å². The summed E-state index contributed by atoms with van der Waals surface area (Å²) in [6.45, 7) is 4.24. The number of amides is 2. The molecule has 2 amide bonds. The normalized spacial score (nSPS) is 22.5. The van der Waals surface area contributed by atoms with Gasteiger partial charge < -0.3 is 14.5 Å². The quantitative estimate of drug-likeness (QED) is 0.753.